The summed E-state index contributed by atoms with van der Waals surface area (Å²) in [6.45, 7) is 1.94. The zero-order valence-corrected chi connectivity index (χ0v) is 20.7. The Kier molecular flexibility index (Phi) is 6.05. The molecule has 2 heterocycles. The van der Waals surface area contributed by atoms with Gasteiger partial charge in [-0.1, -0.05) is 30.3 Å². The first-order valence-corrected chi connectivity index (χ1v) is 13.2. The number of piperidine rings is 1. The first kappa shape index (κ1) is 24.0. The predicted molar refractivity (Wildman–Crippen MR) is 137 cm³/mol. The van der Waals surface area contributed by atoms with Crippen molar-refractivity contribution in [2.24, 2.45) is 0 Å². The highest BCUT2D eigenvalue weighted by Gasteiger charge is 2.53. The molecule has 1 fully saturated rings. The van der Waals surface area contributed by atoms with E-state index in [4.69, 9.17) is 0 Å². The van der Waals surface area contributed by atoms with Gasteiger partial charge in [0.15, 0.2) is 0 Å². The molecule has 8 nitrogen and oxygen atoms in total. The molecule has 1 spiro atoms. The number of nitrogens with one attached hydrogen (secondary N) is 1. The molecule has 0 aromatic heterocycles. The zero-order chi connectivity index (χ0) is 25.5. The number of para-hydroxylation sites is 1. The maximum atomic E-state index is 13.4. The van der Waals surface area contributed by atoms with Crippen LogP contribution in [0.25, 0.3) is 0 Å². The fourth-order valence-electron chi connectivity index (χ4n) is 5.23. The Morgan fingerprint density at radius 3 is 2.33 bits per heavy atom. The summed E-state index contributed by atoms with van der Waals surface area (Å²) in [5.41, 5.74) is 3.29. The van der Waals surface area contributed by atoms with Crippen molar-refractivity contribution in [3.8, 4) is 0 Å². The molecule has 3 aromatic rings. The number of carboxylic acid groups (broad SMARTS) is 1. The molecule has 0 radical (unpaired) electrons. The van der Waals surface area contributed by atoms with E-state index in [9.17, 15) is 23.1 Å². The Balaban J connectivity index is 1.33. The van der Waals surface area contributed by atoms with Crippen LogP contribution in [0.1, 0.15) is 24.0 Å². The minimum atomic E-state index is -3.75. The number of carbonyl (C=O) groups excluding carboxylic acids is 1. The van der Waals surface area contributed by atoms with Gasteiger partial charge in [0.2, 0.25) is 15.9 Å². The highest BCUT2D eigenvalue weighted by atomic mass is 32.2. The fourth-order valence-corrected chi connectivity index (χ4v) is 6.67. The van der Waals surface area contributed by atoms with Gasteiger partial charge in [-0.05, 0) is 73.4 Å². The summed E-state index contributed by atoms with van der Waals surface area (Å²) < 4.78 is 28.2. The molecule has 36 heavy (non-hydrogen) atoms. The summed E-state index contributed by atoms with van der Waals surface area (Å²) in [5, 5.41) is 12.6. The molecule has 0 aliphatic carbocycles. The Morgan fingerprint density at radius 2 is 1.67 bits per heavy atom. The number of aliphatic carboxylic acids is 1. The zero-order valence-electron chi connectivity index (χ0n) is 19.8. The third-order valence-electron chi connectivity index (χ3n) is 7.03. The van der Waals surface area contributed by atoms with Crippen molar-refractivity contribution in [3.63, 3.8) is 0 Å². The standard InChI is InChI=1S/C27H27N3O5S/c1-19-5-4-6-21(17-19)28-20-9-11-22(12-10-20)36(34,35)29-15-13-27(14-16-29)23-7-2-3-8-24(23)30(26(27)33)18-25(31)32/h2-12,17,28H,13-16,18H2,1H3,(H,31,32). The van der Waals surface area contributed by atoms with Gasteiger partial charge >= 0.3 is 5.97 Å². The van der Waals surface area contributed by atoms with Crippen molar-refractivity contribution in [1.29, 1.82) is 0 Å². The lowest BCUT2D eigenvalue weighted by molar-refractivity contribution is -0.137. The largest absolute Gasteiger partial charge is 0.480 e. The molecule has 9 heteroatoms. The van der Waals surface area contributed by atoms with Crippen molar-refractivity contribution in [3.05, 3.63) is 83.9 Å². The van der Waals surface area contributed by atoms with Gasteiger partial charge in [0.25, 0.3) is 0 Å². The Morgan fingerprint density at radius 1 is 0.972 bits per heavy atom. The topological polar surface area (TPSA) is 107 Å². The SMILES string of the molecule is Cc1cccc(Nc2ccc(S(=O)(=O)N3CCC4(CC3)C(=O)N(CC(=O)O)c3ccccc34)cc2)c1. The van der Waals surface area contributed by atoms with Crippen molar-refractivity contribution in [2.45, 2.75) is 30.1 Å². The smallest absolute Gasteiger partial charge is 0.323 e. The van der Waals surface area contributed by atoms with Crippen LogP contribution < -0.4 is 10.2 Å². The van der Waals surface area contributed by atoms with Crippen molar-refractivity contribution < 1.29 is 23.1 Å². The third-order valence-corrected chi connectivity index (χ3v) is 8.95. The van der Waals surface area contributed by atoms with E-state index in [0.717, 1.165) is 22.5 Å². The normalized spacial score (nSPS) is 17.2. The molecule has 0 saturated carbocycles. The fraction of sp³-hybridized carbons (Fsp3) is 0.259. The summed E-state index contributed by atoms with van der Waals surface area (Å²) in [6.07, 6.45) is 0.594. The number of aryl methyl sites for hydroxylation is 1. The second kappa shape index (κ2) is 9.07. The molecule has 0 unspecified atom stereocenters. The lowest BCUT2D eigenvalue weighted by atomic mass is 9.74. The van der Waals surface area contributed by atoms with Crippen LogP contribution in [0.4, 0.5) is 17.1 Å². The van der Waals surface area contributed by atoms with Crippen LogP contribution in [0.3, 0.4) is 0 Å². The van der Waals surface area contributed by atoms with Gasteiger partial charge in [-0.25, -0.2) is 8.42 Å². The molecule has 3 aromatic carbocycles. The highest BCUT2D eigenvalue weighted by molar-refractivity contribution is 7.89. The summed E-state index contributed by atoms with van der Waals surface area (Å²) in [6, 6.07) is 21.8. The van der Waals surface area contributed by atoms with E-state index in [2.05, 4.69) is 5.32 Å². The minimum absolute atomic E-state index is 0.173. The Hall–Kier alpha value is -3.69. The number of amides is 1. The van der Waals surface area contributed by atoms with E-state index in [1.165, 1.54) is 9.21 Å². The molecule has 1 saturated heterocycles. The predicted octanol–water partition coefficient (Wildman–Crippen LogP) is 3.89. The van der Waals surface area contributed by atoms with Crippen LogP contribution >= 0.6 is 0 Å². The van der Waals surface area contributed by atoms with Gasteiger partial charge in [-0.3, -0.25) is 9.59 Å². The number of hydrogen-bond acceptors (Lipinski definition) is 5. The lowest BCUT2D eigenvalue weighted by Crippen LogP contribution is -2.50. The molecule has 2 N–H and O–H groups in total. The second-order valence-corrected chi connectivity index (χ2v) is 11.2. The van der Waals surface area contributed by atoms with Crippen LogP contribution in [-0.4, -0.2) is 49.3 Å². The van der Waals surface area contributed by atoms with E-state index in [1.807, 2.05) is 43.3 Å². The summed E-state index contributed by atoms with van der Waals surface area (Å²) in [4.78, 5) is 26.3. The molecule has 0 atom stereocenters. The van der Waals surface area contributed by atoms with E-state index in [1.54, 1.807) is 36.4 Å². The average Bonchev–Trinajstić information content (AvgIpc) is 3.07. The van der Waals surface area contributed by atoms with E-state index in [0.29, 0.717) is 18.5 Å². The van der Waals surface area contributed by atoms with E-state index in [-0.39, 0.29) is 23.9 Å². The van der Waals surface area contributed by atoms with Gasteiger partial charge in [0, 0.05) is 30.2 Å². The summed E-state index contributed by atoms with van der Waals surface area (Å²) >= 11 is 0. The maximum absolute atomic E-state index is 13.4. The van der Waals surface area contributed by atoms with Gasteiger partial charge < -0.3 is 15.3 Å². The van der Waals surface area contributed by atoms with Crippen molar-refractivity contribution >= 4 is 39.0 Å². The van der Waals surface area contributed by atoms with Gasteiger partial charge in [0.1, 0.15) is 6.54 Å². The van der Waals surface area contributed by atoms with Gasteiger partial charge in [0.05, 0.1) is 10.3 Å². The number of carbonyl (C=O) groups is 2. The molecule has 5 rings (SSSR count). The maximum Gasteiger partial charge on any atom is 0.323 e. The number of nitrogens with zero attached hydrogens (tertiary/aromatic N) is 2. The molecular weight excluding hydrogens is 478 g/mol. The molecule has 1 amide bonds. The molecule has 186 valence electrons. The lowest BCUT2D eigenvalue weighted by Gasteiger charge is -2.37. The van der Waals surface area contributed by atoms with E-state index >= 15 is 0 Å². The molecule has 2 aliphatic rings. The summed E-state index contributed by atoms with van der Waals surface area (Å²) in [5.74, 6) is -1.36. The van der Waals surface area contributed by atoms with E-state index < -0.39 is 28.0 Å². The first-order valence-electron chi connectivity index (χ1n) is 11.8. The van der Waals surface area contributed by atoms with Crippen LogP contribution in [0.5, 0.6) is 0 Å². The second-order valence-electron chi connectivity index (χ2n) is 9.31. The van der Waals surface area contributed by atoms with Crippen LogP contribution in [0.15, 0.2) is 77.7 Å². The minimum Gasteiger partial charge on any atom is -0.480 e. The Labute approximate surface area is 210 Å². The van der Waals surface area contributed by atoms with Crippen LogP contribution in [0.2, 0.25) is 0 Å². The average molecular weight is 506 g/mol. The number of carboxylic acids is 1. The number of sulfonamides is 1. The number of benzene rings is 3. The monoisotopic (exact) mass is 505 g/mol. The van der Waals surface area contributed by atoms with Gasteiger partial charge in [-0.15, -0.1) is 0 Å². The van der Waals surface area contributed by atoms with Crippen LogP contribution in [-0.2, 0) is 25.0 Å². The van der Waals surface area contributed by atoms with Crippen molar-refractivity contribution in [1.82, 2.24) is 4.31 Å². The first-order chi connectivity index (χ1) is 17.2. The number of hydrogen-bond donors (Lipinski definition) is 2. The Bertz CT molecular complexity index is 1430. The van der Waals surface area contributed by atoms with Gasteiger partial charge in [-0.2, -0.15) is 4.31 Å². The van der Waals surface area contributed by atoms with Crippen LogP contribution in [0, 0.1) is 6.92 Å². The van der Waals surface area contributed by atoms with Crippen molar-refractivity contribution in [2.75, 3.05) is 29.9 Å². The molecule has 0 bridgehead atoms. The highest BCUT2D eigenvalue weighted by Crippen LogP contribution is 2.48. The third kappa shape index (κ3) is 4.14. The molecule has 2 aliphatic heterocycles. The summed E-state index contributed by atoms with van der Waals surface area (Å²) in [7, 11) is -3.75. The number of fused-ring (bicyclic) bond motifs is 2. The number of anilines is 3. The quantitative estimate of drug-likeness (QED) is 0.526. The molecular formula is C27H27N3O5S. The number of rotatable bonds is 6.